The van der Waals surface area contributed by atoms with E-state index in [9.17, 15) is 0 Å². The lowest BCUT2D eigenvalue weighted by atomic mass is 9.79. The monoisotopic (exact) mass is 1080 g/mol. The number of rotatable bonds is 8. The van der Waals surface area contributed by atoms with Crippen molar-refractivity contribution in [3.8, 4) is 61.8 Å². The van der Waals surface area contributed by atoms with Crippen LogP contribution in [0.25, 0.3) is 138 Å². The van der Waals surface area contributed by atoms with Gasteiger partial charge < -0.3 is 9.47 Å². The summed E-state index contributed by atoms with van der Waals surface area (Å²) < 4.78 is 2.56. The van der Waals surface area contributed by atoms with E-state index in [1.54, 1.807) is 0 Å². The Hall–Kier alpha value is -10.9. The Morgan fingerprint density at radius 3 is 1.51 bits per heavy atom. The minimum atomic E-state index is -0.369. The number of fused-ring (bicyclic) bond motifs is 17. The van der Waals surface area contributed by atoms with Crippen LogP contribution in [-0.2, 0) is 5.41 Å². The zero-order chi connectivity index (χ0) is 56.3. The molecule has 0 unspecified atom stereocenters. The number of aromatic nitrogens is 3. The van der Waals surface area contributed by atoms with E-state index in [1.807, 2.05) is 0 Å². The van der Waals surface area contributed by atoms with Crippen molar-refractivity contribution < 1.29 is 0 Å². The van der Waals surface area contributed by atoms with E-state index in [0.717, 1.165) is 56.3 Å². The SMILES string of the molecule is CC1(C)c2cc3c4ccccc4c4ccccc4c3cc2-c2c1c1ccccc1c1c3cc(N(c4ccc(-c5ccccc5)cc4)c4ccc5ccccc5c4)ccc3n(-c3cccc(-c4nc(-c5ccccc5)cc(-c5ccccc5)n4)c3)c21. The van der Waals surface area contributed by atoms with Crippen molar-refractivity contribution in [1.29, 1.82) is 0 Å². The highest BCUT2D eigenvalue weighted by Crippen LogP contribution is 2.58. The van der Waals surface area contributed by atoms with Crippen molar-refractivity contribution in [2.75, 3.05) is 4.90 Å². The third-order valence-electron chi connectivity index (χ3n) is 18.1. The highest BCUT2D eigenvalue weighted by atomic mass is 15.1. The topological polar surface area (TPSA) is 34.0 Å². The number of benzene rings is 14. The van der Waals surface area contributed by atoms with Crippen LogP contribution in [0.3, 0.4) is 0 Å². The minimum Gasteiger partial charge on any atom is -0.310 e. The number of nitrogens with zero attached hydrogens (tertiary/aromatic N) is 4. The molecule has 0 fully saturated rings. The van der Waals surface area contributed by atoms with Crippen LogP contribution in [0, 0.1) is 0 Å². The van der Waals surface area contributed by atoms with E-state index < -0.39 is 0 Å². The molecule has 0 saturated heterocycles. The summed E-state index contributed by atoms with van der Waals surface area (Å²) in [6, 6.07) is 107. The maximum absolute atomic E-state index is 5.37. The molecule has 4 heteroatoms. The van der Waals surface area contributed by atoms with E-state index in [2.05, 4.69) is 315 Å². The van der Waals surface area contributed by atoms with Gasteiger partial charge in [-0.3, -0.25) is 0 Å². The number of hydrogen-bond acceptors (Lipinski definition) is 3. The molecule has 0 N–H and O–H groups in total. The van der Waals surface area contributed by atoms with Crippen molar-refractivity contribution in [2.45, 2.75) is 19.3 Å². The second-order valence-corrected chi connectivity index (χ2v) is 23.2. The van der Waals surface area contributed by atoms with Gasteiger partial charge >= 0.3 is 0 Å². The summed E-state index contributed by atoms with van der Waals surface area (Å²) in [7, 11) is 0. The standard InChI is InChI=1S/C81H54N4/c1-81(2)72-49-69-65-34-17-15-32-63(65)62-31-14-16-33-64(62)68(69)48-70(72)77-78(81)67-36-19-18-35-66(67)76-71-47-61(84(60-42-39-52-23-12-13-28-56(52)45-60)58-40-37-53(38-41-58)51-21-6-3-7-22-51)43-44-75(71)85(79(76)77)59-30-20-29-57(46-59)80-82-73(54-24-8-4-9-25-54)50-74(83-80)55-26-10-5-11-27-55/h3-50H,1-2H3. The zero-order valence-electron chi connectivity index (χ0n) is 47.0. The first kappa shape index (κ1) is 48.7. The average molecular weight is 1080 g/mol. The van der Waals surface area contributed by atoms with Crippen LogP contribution in [-0.4, -0.2) is 14.5 Å². The summed E-state index contributed by atoms with van der Waals surface area (Å²) in [5.74, 6) is 0.669. The molecule has 0 bridgehead atoms. The minimum absolute atomic E-state index is 0.369. The van der Waals surface area contributed by atoms with Gasteiger partial charge in [0, 0.05) is 61.2 Å². The highest BCUT2D eigenvalue weighted by molar-refractivity contribution is 6.30. The molecule has 4 nitrogen and oxygen atoms in total. The van der Waals surface area contributed by atoms with E-state index in [0.29, 0.717) is 5.82 Å². The van der Waals surface area contributed by atoms with Crippen LogP contribution in [0.2, 0.25) is 0 Å². The molecule has 0 aliphatic heterocycles. The molecular formula is C81H54N4. The fraction of sp³-hybridized carbons (Fsp3) is 0.0370. The van der Waals surface area contributed by atoms with E-state index >= 15 is 0 Å². The molecule has 85 heavy (non-hydrogen) atoms. The van der Waals surface area contributed by atoms with E-state index in [1.165, 1.54) is 104 Å². The fourth-order valence-corrected chi connectivity index (χ4v) is 14.2. The molecule has 0 radical (unpaired) electrons. The van der Waals surface area contributed by atoms with Crippen LogP contribution in [0.1, 0.15) is 25.0 Å². The summed E-state index contributed by atoms with van der Waals surface area (Å²) in [4.78, 5) is 13.2. The summed E-state index contributed by atoms with van der Waals surface area (Å²) >= 11 is 0. The van der Waals surface area contributed by atoms with E-state index in [-0.39, 0.29) is 5.41 Å². The molecule has 16 aromatic rings. The molecule has 398 valence electrons. The van der Waals surface area contributed by atoms with Gasteiger partial charge in [0.2, 0.25) is 0 Å². The Morgan fingerprint density at radius 1 is 0.341 bits per heavy atom. The van der Waals surface area contributed by atoms with Crippen molar-refractivity contribution >= 4 is 92.7 Å². The first-order valence-corrected chi connectivity index (χ1v) is 29.4. The Kier molecular flexibility index (Phi) is 10.9. The molecule has 2 heterocycles. The van der Waals surface area contributed by atoms with Crippen LogP contribution in [0.15, 0.2) is 291 Å². The normalized spacial score (nSPS) is 12.7. The Morgan fingerprint density at radius 2 is 0.847 bits per heavy atom. The molecule has 1 aliphatic rings. The second kappa shape index (κ2) is 19.1. The maximum Gasteiger partial charge on any atom is 0.160 e. The largest absolute Gasteiger partial charge is 0.310 e. The number of hydrogen-bond donors (Lipinski definition) is 0. The predicted molar refractivity (Wildman–Crippen MR) is 358 cm³/mol. The molecule has 0 saturated carbocycles. The smallest absolute Gasteiger partial charge is 0.160 e. The molecule has 0 atom stereocenters. The maximum atomic E-state index is 5.37. The molecule has 0 amide bonds. The summed E-state index contributed by atoms with van der Waals surface area (Å²) in [5, 5.41) is 14.9. The van der Waals surface area contributed by atoms with Crippen molar-refractivity contribution in [2.24, 2.45) is 0 Å². The Bertz CT molecular complexity index is 5320. The molecule has 1 aliphatic carbocycles. The molecule has 17 rings (SSSR count). The van der Waals surface area contributed by atoms with Crippen molar-refractivity contribution in [3.05, 3.63) is 302 Å². The molecule has 2 aromatic heterocycles. The predicted octanol–water partition coefficient (Wildman–Crippen LogP) is 21.8. The first-order valence-electron chi connectivity index (χ1n) is 29.4. The quantitative estimate of drug-likeness (QED) is 0.142. The van der Waals surface area contributed by atoms with Crippen LogP contribution >= 0.6 is 0 Å². The number of anilines is 3. The Balaban J connectivity index is 0.973. The lowest BCUT2D eigenvalue weighted by molar-refractivity contribution is 0.667. The van der Waals surface area contributed by atoms with Gasteiger partial charge in [0.05, 0.1) is 22.4 Å². The van der Waals surface area contributed by atoms with Gasteiger partial charge in [-0.15, -0.1) is 0 Å². The lowest BCUT2D eigenvalue weighted by Crippen LogP contribution is -2.15. The summed E-state index contributed by atoms with van der Waals surface area (Å²) in [5.41, 5.74) is 18.5. The summed E-state index contributed by atoms with van der Waals surface area (Å²) in [6.45, 7) is 4.89. The summed E-state index contributed by atoms with van der Waals surface area (Å²) in [6.07, 6.45) is 0. The van der Waals surface area contributed by atoms with E-state index in [4.69, 9.17) is 9.97 Å². The second-order valence-electron chi connectivity index (χ2n) is 23.2. The third kappa shape index (κ3) is 7.69. The van der Waals surface area contributed by atoms with Crippen LogP contribution in [0.4, 0.5) is 17.1 Å². The van der Waals surface area contributed by atoms with Gasteiger partial charge in [-0.2, -0.15) is 0 Å². The lowest BCUT2D eigenvalue weighted by Gasteiger charge is -2.26. The van der Waals surface area contributed by atoms with Gasteiger partial charge in [0.1, 0.15) is 0 Å². The van der Waals surface area contributed by atoms with Gasteiger partial charge in [0.15, 0.2) is 5.82 Å². The average Bonchev–Trinajstić information content (AvgIpc) is 3.62. The third-order valence-corrected chi connectivity index (χ3v) is 18.1. The highest BCUT2D eigenvalue weighted by Gasteiger charge is 2.41. The van der Waals surface area contributed by atoms with Gasteiger partial charge in [-0.05, 0) is 154 Å². The molecule has 14 aromatic carbocycles. The van der Waals surface area contributed by atoms with Crippen molar-refractivity contribution in [3.63, 3.8) is 0 Å². The Labute approximate surface area is 492 Å². The van der Waals surface area contributed by atoms with Crippen molar-refractivity contribution in [1.82, 2.24) is 14.5 Å². The van der Waals surface area contributed by atoms with Gasteiger partial charge in [-0.25, -0.2) is 9.97 Å². The van der Waals surface area contributed by atoms with Crippen LogP contribution in [0.5, 0.6) is 0 Å². The molecular weight excluding hydrogens is 1030 g/mol. The van der Waals surface area contributed by atoms with Crippen LogP contribution < -0.4 is 4.90 Å². The van der Waals surface area contributed by atoms with Gasteiger partial charge in [0.25, 0.3) is 0 Å². The zero-order valence-corrected chi connectivity index (χ0v) is 47.0. The first-order chi connectivity index (χ1) is 41.9. The van der Waals surface area contributed by atoms with Gasteiger partial charge in [-0.1, -0.05) is 232 Å². The fourth-order valence-electron chi connectivity index (χ4n) is 14.2. The molecule has 0 spiro atoms.